The number of nitrogens with one attached hydrogen (secondary N) is 1. The van der Waals surface area contributed by atoms with Crippen molar-refractivity contribution in [3.05, 3.63) is 97.9 Å². The molecule has 5 aromatic rings. The number of carbonyl (C=O) groups excluding carboxylic acids is 1. The largest absolute Gasteiger partial charge is 0.489 e. The lowest BCUT2D eigenvalue weighted by Gasteiger charge is -2.10. The highest BCUT2D eigenvalue weighted by Gasteiger charge is 2.22. The highest BCUT2D eigenvalue weighted by Crippen LogP contribution is 2.34. The van der Waals surface area contributed by atoms with Crippen molar-refractivity contribution in [3.63, 3.8) is 0 Å². The fourth-order valence-electron chi connectivity index (χ4n) is 3.88. The Morgan fingerprint density at radius 3 is 2.63 bits per heavy atom. The lowest BCUT2D eigenvalue weighted by atomic mass is 10.1. The van der Waals surface area contributed by atoms with Crippen LogP contribution in [0.3, 0.4) is 0 Å². The van der Waals surface area contributed by atoms with Crippen LogP contribution in [0.25, 0.3) is 21.1 Å². The highest BCUT2D eigenvalue weighted by atomic mass is 32.1. The quantitative estimate of drug-likeness (QED) is 0.404. The number of amides is 1. The van der Waals surface area contributed by atoms with E-state index in [-0.39, 0.29) is 28.2 Å². The van der Waals surface area contributed by atoms with E-state index >= 15 is 0 Å². The molecule has 5 rings (SSSR count). The van der Waals surface area contributed by atoms with Crippen LogP contribution in [0.1, 0.15) is 15.2 Å². The summed E-state index contributed by atoms with van der Waals surface area (Å²) in [5.74, 6) is -0.337. The SMILES string of the molecule is Cn1c(=O)c2cc(NC(=O)c3sc4cccc(F)c4c3COc3ccccc3)cnc2n(C)c1=O. The zero-order valence-corrected chi connectivity index (χ0v) is 19.6. The molecule has 176 valence electrons. The van der Waals surface area contributed by atoms with Crippen LogP contribution in [-0.4, -0.2) is 20.0 Å². The van der Waals surface area contributed by atoms with Crippen LogP contribution in [0.5, 0.6) is 5.75 Å². The van der Waals surface area contributed by atoms with Crippen LogP contribution >= 0.6 is 11.3 Å². The second-order valence-corrected chi connectivity index (χ2v) is 8.93. The normalized spacial score (nSPS) is 11.2. The molecule has 0 aliphatic heterocycles. The molecule has 10 heteroatoms. The monoisotopic (exact) mass is 490 g/mol. The Morgan fingerprint density at radius 2 is 1.86 bits per heavy atom. The summed E-state index contributed by atoms with van der Waals surface area (Å²) in [5.41, 5.74) is -0.116. The Balaban J connectivity index is 1.53. The Morgan fingerprint density at radius 1 is 1.09 bits per heavy atom. The van der Waals surface area contributed by atoms with Crippen molar-refractivity contribution < 1.29 is 13.9 Å². The Hall–Kier alpha value is -4.31. The third-order valence-corrected chi connectivity index (χ3v) is 6.84. The van der Waals surface area contributed by atoms with E-state index < -0.39 is 23.0 Å². The van der Waals surface area contributed by atoms with Gasteiger partial charge in [-0.2, -0.15) is 0 Å². The summed E-state index contributed by atoms with van der Waals surface area (Å²) in [5, 5.41) is 3.26. The third-order valence-electron chi connectivity index (χ3n) is 5.65. The highest BCUT2D eigenvalue weighted by molar-refractivity contribution is 7.21. The number of rotatable bonds is 5. The average Bonchev–Trinajstić information content (AvgIpc) is 3.25. The molecule has 0 aliphatic carbocycles. The van der Waals surface area contributed by atoms with E-state index in [9.17, 15) is 18.8 Å². The Bertz CT molecular complexity index is 1720. The van der Waals surface area contributed by atoms with Gasteiger partial charge in [0.05, 0.1) is 17.3 Å². The molecule has 0 aliphatic rings. The summed E-state index contributed by atoms with van der Waals surface area (Å²) in [6, 6.07) is 15.2. The summed E-state index contributed by atoms with van der Waals surface area (Å²) in [7, 11) is 2.89. The van der Waals surface area contributed by atoms with Crippen LogP contribution in [0.15, 0.2) is 70.4 Å². The van der Waals surface area contributed by atoms with E-state index in [2.05, 4.69) is 10.3 Å². The minimum atomic E-state index is -0.521. The first-order chi connectivity index (χ1) is 16.8. The molecule has 35 heavy (non-hydrogen) atoms. The molecule has 3 heterocycles. The number of hydrogen-bond acceptors (Lipinski definition) is 6. The summed E-state index contributed by atoms with van der Waals surface area (Å²) < 4.78 is 23.4. The van der Waals surface area contributed by atoms with Crippen molar-refractivity contribution in [2.75, 3.05) is 5.32 Å². The smallest absolute Gasteiger partial charge is 0.332 e. The fraction of sp³-hybridized carbons (Fsp3) is 0.120. The molecule has 8 nitrogen and oxygen atoms in total. The number of halogens is 1. The molecule has 1 N–H and O–H groups in total. The average molecular weight is 491 g/mol. The van der Waals surface area contributed by atoms with Crippen molar-refractivity contribution in [2.45, 2.75) is 6.61 Å². The molecule has 0 bridgehead atoms. The van der Waals surface area contributed by atoms with Gasteiger partial charge in [-0.15, -0.1) is 11.3 Å². The zero-order chi connectivity index (χ0) is 24.7. The van der Waals surface area contributed by atoms with Gasteiger partial charge in [0.1, 0.15) is 28.7 Å². The van der Waals surface area contributed by atoms with Gasteiger partial charge in [-0.3, -0.25) is 18.7 Å². The number of thiophene rings is 1. The molecule has 0 saturated carbocycles. The number of aromatic nitrogens is 3. The minimum Gasteiger partial charge on any atom is -0.489 e. The maximum atomic E-state index is 14.7. The number of anilines is 1. The van der Waals surface area contributed by atoms with Crippen molar-refractivity contribution in [3.8, 4) is 5.75 Å². The predicted octanol–water partition coefficient (Wildman–Crippen LogP) is 3.82. The molecule has 2 aromatic carbocycles. The number of aryl methyl sites for hydroxylation is 1. The van der Waals surface area contributed by atoms with Gasteiger partial charge in [0.15, 0.2) is 0 Å². The number of fused-ring (bicyclic) bond motifs is 2. The first-order valence-corrected chi connectivity index (χ1v) is 11.4. The molecular weight excluding hydrogens is 471 g/mol. The summed E-state index contributed by atoms with van der Waals surface area (Å²) in [4.78, 5) is 42.5. The lowest BCUT2D eigenvalue weighted by molar-refractivity contribution is 0.102. The summed E-state index contributed by atoms with van der Waals surface area (Å²) >= 11 is 1.15. The van der Waals surface area contributed by atoms with E-state index in [1.54, 1.807) is 24.3 Å². The number of hydrogen-bond donors (Lipinski definition) is 1. The topological polar surface area (TPSA) is 95.2 Å². The van der Waals surface area contributed by atoms with Gasteiger partial charge in [0, 0.05) is 29.7 Å². The zero-order valence-electron chi connectivity index (χ0n) is 18.7. The lowest BCUT2D eigenvalue weighted by Crippen LogP contribution is -2.37. The number of nitrogens with zero attached hydrogens (tertiary/aromatic N) is 3. The molecule has 0 saturated heterocycles. The third kappa shape index (κ3) is 3.97. The Kier molecular flexibility index (Phi) is 5.65. The molecule has 1 amide bonds. The molecule has 0 radical (unpaired) electrons. The molecule has 0 fully saturated rings. The van der Waals surface area contributed by atoms with Crippen molar-refractivity contribution in [1.29, 1.82) is 0 Å². The van der Waals surface area contributed by atoms with Crippen LogP contribution in [0.2, 0.25) is 0 Å². The minimum absolute atomic E-state index is 0.00761. The van der Waals surface area contributed by atoms with E-state index in [1.807, 2.05) is 18.2 Å². The maximum Gasteiger partial charge on any atom is 0.332 e. The molecule has 0 spiro atoms. The number of carbonyl (C=O) groups is 1. The van der Waals surface area contributed by atoms with E-state index in [0.717, 1.165) is 15.9 Å². The van der Waals surface area contributed by atoms with Crippen LogP contribution in [0.4, 0.5) is 10.1 Å². The summed E-state index contributed by atoms with van der Waals surface area (Å²) in [6.45, 7) is -0.00761. The molecule has 0 unspecified atom stereocenters. The van der Waals surface area contributed by atoms with Gasteiger partial charge < -0.3 is 10.1 Å². The van der Waals surface area contributed by atoms with Gasteiger partial charge in [-0.1, -0.05) is 24.3 Å². The van der Waals surface area contributed by atoms with Gasteiger partial charge in [0.25, 0.3) is 11.5 Å². The van der Waals surface area contributed by atoms with Crippen molar-refractivity contribution in [1.82, 2.24) is 14.1 Å². The molecule has 3 aromatic heterocycles. The number of para-hydroxylation sites is 1. The van der Waals surface area contributed by atoms with Crippen LogP contribution in [-0.2, 0) is 20.7 Å². The second kappa shape index (κ2) is 8.80. The van der Waals surface area contributed by atoms with Crippen molar-refractivity contribution in [2.24, 2.45) is 14.1 Å². The predicted molar refractivity (Wildman–Crippen MR) is 133 cm³/mol. The number of ether oxygens (including phenoxy) is 1. The van der Waals surface area contributed by atoms with E-state index in [4.69, 9.17) is 4.74 Å². The van der Waals surface area contributed by atoms with Crippen LogP contribution < -0.4 is 21.3 Å². The number of pyridine rings is 1. The maximum absolute atomic E-state index is 14.7. The van der Waals surface area contributed by atoms with Crippen molar-refractivity contribution >= 4 is 44.1 Å². The first-order valence-electron chi connectivity index (χ1n) is 10.6. The van der Waals surface area contributed by atoms with Crippen LogP contribution in [0, 0.1) is 5.82 Å². The standard InChI is InChI=1S/C25H19FN4O4S/c1-29-22-16(24(32)30(2)25(29)33)11-14(12-27-22)28-23(31)21-17(13-34-15-7-4-3-5-8-15)20-18(26)9-6-10-19(20)35-21/h3-12H,13H2,1-2H3,(H,28,31). The number of benzene rings is 2. The summed E-state index contributed by atoms with van der Waals surface area (Å²) in [6.07, 6.45) is 1.37. The fourth-order valence-corrected chi connectivity index (χ4v) is 5.00. The van der Waals surface area contributed by atoms with Gasteiger partial charge in [0.2, 0.25) is 0 Å². The second-order valence-electron chi connectivity index (χ2n) is 7.88. The molecule has 0 atom stereocenters. The van der Waals surface area contributed by atoms with E-state index in [1.165, 1.54) is 37.0 Å². The van der Waals surface area contributed by atoms with E-state index in [0.29, 0.717) is 21.4 Å². The van der Waals surface area contributed by atoms with Gasteiger partial charge in [-0.25, -0.2) is 14.2 Å². The molecular formula is C25H19FN4O4S. The van der Waals surface area contributed by atoms with Gasteiger partial charge >= 0.3 is 5.69 Å². The van der Waals surface area contributed by atoms with Gasteiger partial charge in [-0.05, 0) is 30.3 Å². The Labute approximate surface area is 201 Å². The first kappa shape index (κ1) is 22.5.